The molecule has 1 rings (SSSR count). The van der Waals surface area contributed by atoms with Gasteiger partial charge in [-0.15, -0.1) is 0 Å². The van der Waals surface area contributed by atoms with Gasteiger partial charge in [0.15, 0.2) is 0 Å². The first-order valence-corrected chi connectivity index (χ1v) is 4.44. The van der Waals surface area contributed by atoms with E-state index >= 15 is 0 Å². The Morgan fingerprint density at radius 3 is 2.14 bits per heavy atom. The third kappa shape index (κ3) is 3.42. The molecule has 84 valence electrons. The first-order chi connectivity index (χ1) is 6.35. The fourth-order valence-corrected chi connectivity index (χ4v) is 1.42. The van der Waals surface area contributed by atoms with E-state index in [9.17, 15) is 17.6 Å². The number of aliphatic hydroxyl groups is 1. The van der Waals surface area contributed by atoms with Crippen molar-refractivity contribution < 1.29 is 22.7 Å². The molecule has 0 aromatic carbocycles. The zero-order valence-electron chi connectivity index (χ0n) is 7.65. The van der Waals surface area contributed by atoms with Crippen molar-refractivity contribution in [2.45, 2.75) is 24.7 Å². The van der Waals surface area contributed by atoms with Crippen LogP contribution in [0, 0.1) is 0 Å². The van der Waals surface area contributed by atoms with Crippen LogP contribution in [0.2, 0.25) is 0 Å². The molecule has 0 amide bonds. The summed E-state index contributed by atoms with van der Waals surface area (Å²) in [5, 5.41) is 8.30. The number of alkyl halides is 4. The number of aliphatic hydroxyl groups excluding tert-OH is 1. The standard InChI is InChI=1S/C8H13F4NO/c9-7(10)1-3-13(4-2-7)5-8(11,12)6-14/h14H,1-6H2. The number of piperidine rings is 1. The summed E-state index contributed by atoms with van der Waals surface area (Å²) in [5.41, 5.74) is 0. The highest BCUT2D eigenvalue weighted by Gasteiger charge is 2.38. The topological polar surface area (TPSA) is 23.5 Å². The quantitative estimate of drug-likeness (QED) is 0.718. The molecule has 0 bridgehead atoms. The Labute approximate surface area is 79.5 Å². The van der Waals surface area contributed by atoms with Gasteiger partial charge in [0.05, 0.1) is 6.54 Å². The molecule has 0 spiro atoms. The largest absolute Gasteiger partial charge is 0.390 e. The molecule has 1 saturated heterocycles. The maximum absolute atomic E-state index is 12.7. The average molecular weight is 215 g/mol. The van der Waals surface area contributed by atoms with Crippen LogP contribution < -0.4 is 0 Å². The lowest BCUT2D eigenvalue weighted by Crippen LogP contribution is -2.46. The molecular weight excluding hydrogens is 202 g/mol. The number of likely N-dealkylation sites (tertiary alicyclic amines) is 1. The monoisotopic (exact) mass is 215 g/mol. The van der Waals surface area contributed by atoms with Gasteiger partial charge in [0, 0.05) is 25.9 Å². The van der Waals surface area contributed by atoms with Crippen LogP contribution in [0.4, 0.5) is 17.6 Å². The zero-order chi connectivity index (χ0) is 10.8. The first-order valence-electron chi connectivity index (χ1n) is 4.44. The molecule has 0 atom stereocenters. The van der Waals surface area contributed by atoms with Crippen molar-refractivity contribution in [3.63, 3.8) is 0 Å². The molecule has 1 N–H and O–H groups in total. The molecule has 1 aliphatic heterocycles. The van der Waals surface area contributed by atoms with Gasteiger partial charge in [-0.3, -0.25) is 4.90 Å². The first kappa shape index (κ1) is 11.7. The smallest absolute Gasteiger partial charge is 0.283 e. The molecule has 6 heteroatoms. The highest BCUT2D eigenvalue weighted by atomic mass is 19.3. The molecule has 0 aliphatic carbocycles. The number of rotatable bonds is 3. The minimum absolute atomic E-state index is 0.0391. The van der Waals surface area contributed by atoms with Gasteiger partial charge < -0.3 is 5.11 Å². The molecule has 0 aromatic heterocycles. The average Bonchev–Trinajstić information content (AvgIpc) is 2.09. The van der Waals surface area contributed by atoms with Crippen molar-refractivity contribution in [1.29, 1.82) is 0 Å². The van der Waals surface area contributed by atoms with E-state index in [0.29, 0.717) is 0 Å². The highest BCUT2D eigenvalue weighted by molar-refractivity contribution is 4.80. The summed E-state index contributed by atoms with van der Waals surface area (Å²) in [6.45, 7) is -1.95. The van der Waals surface area contributed by atoms with Crippen LogP contribution >= 0.6 is 0 Å². The SMILES string of the molecule is OCC(F)(F)CN1CCC(F)(F)CC1. The predicted molar refractivity (Wildman–Crippen MR) is 42.7 cm³/mol. The summed E-state index contributed by atoms with van der Waals surface area (Å²) in [6.07, 6.45) is -0.761. The fraction of sp³-hybridized carbons (Fsp3) is 1.00. The molecule has 14 heavy (non-hydrogen) atoms. The third-order valence-corrected chi connectivity index (χ3v) is 2.27. The number of halogens is 4. The Balaban J connectivity index is 2.36. The van der Waals surface area contributed by atoms with E-state index < -0.39 is 25.0 Å². The summed E-state index contributed by atoms with van der Waals surface area (Å²) in [7, 11) is 0. The predicted octanol–water partition coefficient (Wildman–Crippen LogP) is 1.35. The Hall–Kier alpha value is -0.360. The number of hydrogen-bond acceptors (Lipinski definition) is 2. The fourth-order valence-electron chi connectivity index (χ4n) is 1.42. The van der Waals surface area contributed by atoms with Gasteiger partial charge >= 0.3 is 0 Å². The second kappa shape index (κ2) is 4.02. The van der Waals surface area contributed by atoms with Crippen LogP contribution in [-0.2, 0) is 0 Å². The van der Waals surface area contributed by atoms with E-state index in [1.165, 1.54) is 4.90 Å². The van der Waals surface area contributed by atoms with Gasteiger partial charge in [-0.25, -0.2) is 17.6 Å². The summed E-state index contributed by atoms with van der Waals surface area (Å²) < 4.78 is 50.6. The molecule has 2 nitrogen and oxygen atoms in total. The lowest BCUT2D eigenvalue weighted by atomic mass is 10.1. The van der Waals surface area contributed by atoms with Crippen LogP contribution in [0.5, 0.6) is 0 Å². The minimum Gasteiger partial charge on any atom is -0.390 e. The number of hydrogen-bond donors (Lipinski definition) is 1. The Morgan fingerprint density at radius 1 is 1.21 bits per heavy atom. The van der Waals surface area contributed by atoms with E-state index in [0.717, 1.165) is 0 Å². The lowest BCUT2D eigenvalue weighted by Gasteiger charge is -2.33. The van der Waals surface area contributed by atoms with E-state index in [-0.39, 0.29) is 25.9 Å². The second-order valence-corrected chi connectivity index (χ2v) is 3.65. The van der Waals surface area contributed by atoms with Crippen molar-refractivity contribution in [3.8, 4) is 0 Å². The molecule has 0 aromatic rings. The van der Waals surface area contributed by atoms with Crippen molar-refractivity contribution in [1.82, 2.24) is 4.90 Å². The zero-order valence-corrected chi connectivity index (χ0v) is 7.65. The minimum atomic E-state index is -3.19. The van der Waals surface area contributed by atoms with Crippen LogP contribution in [-0.4, -0.2) is 48.1 Å². The van der Waals surface area contributed by atoms with Crippen molar-refractivity contribution >= 4 is 0 Å². The maximum Gasteiger partial charge on any atom is 0.283 e. The maximum atomic E-state index is 12.7. The molecule has 1 aliphatic rings. The van der Waals surface area contributed by atoms with Crippen LogP contribution in [0.1, 0.15) is 12.8 Å². The normalized spacial score (nSPS) is 23.8. The van der Waals surface area contributed by atoms with Crippen LogP contribution in [0.25, 0.3) is 0 Å². The van der Waals surface area contributed by atoms with Gasteiger partial charge in [-0.1, -0.05) is 0 Å². The van der Waals surface area contributed by atoms with Crippen LogP contribution in [0.3, 0.4) is 0 Å². The van der Waals surface area contributed by atoms with Crippen molar-refractivity contribution in [3.05, 3.63) is 0 Å². The van der Waals surface area contributed by atoms with E-state index in [4.69, 9.17) is 5.11 Å². The van der Waals surface area contributed by atoms with Gasteiger partial charge in [0.25, 0.3) is 11.8 Å². The van der Waals surface area contributed by atoms with Gasteiger partial charge in [0.1, 0.15) is 6.61 Å². The summed E-state index contributed by atoms with van der Waals surface area (Å²) in [4.78, 5) is 1.26. The van der Waals surface area contributed by atoms with Crippen LogP contribution in [0.15, 0.2) is 0 Å². The molecule has 0 saturated carbocycles. The van der Waals surface area contributed by atoms with E-state index in [1.807, 2.05) is 0 Å². The summed E-state index contributed by atoms with van der Waals surface area (Å²) in [5.74, 6) is -5.91. The molecule has 1 fully saturated rings. The van der Waals surface area contributed by atoms with Crippen molar-refractivity contribution in [2.75, 3.05) is 26.2 Å². The Kier molecular flexibility index (Phi) is 3.36. The van der Waals surface area contributed by atoms with Crippen molar-refractivity contribution in [2.24, 2.45) is 0 Å². The lowest BCUT2D eigenvalue weighted by molar-refractivity contribution is -0.102. The van der Waals surface area contributed by atoms with Gasteiger partial charge in [-0.05, 0) is 0 Å². The van der Waals surface area contributed by atoms with Gasteiger partial charge in [-0.2, -0.15) is 0 Å². The summed E-state index contributed by atoms with van der Waals surface area (Å²) in [6, 6.07) is 0. The highest BCUT2D eigenvalue weighted by Crippen LogP contribution is 2.28. The second-order valence-electron chi connectivity index (χ2n) is 3.65. The van der Waals surface area contributed by atoms with E-state index in [1.54, 1.807) is 0 Å². The Morgan fingerprint density at radius 2 is 1.71 bits per heavy atom. The Bertz CT molecular complexity index is 188. The molecule has 0 unspecified atom stereocenters. The molecule has 0 radical (unpaired) electrons. The third-order valence-electron chi connectivity index (χ3n) is 2.27. The molecular formula is C8H13F4NO. The van der Waals surface area contributed by atoms with E-state index in [2.05, 4.69) is 0 Å². The number of nitrogens with zero attached hydrogens (tertiary/aromatic N) is 1. The molecule has 1 heterocycles. The van der Waals surface area contributed by atoms with Gasteiger partial charge in [0.2, 0.25) is 0 Å². The summed E-state index contributed by atoms with van der Waals surface area (Å²) >= 11 is 0.